The Morgan fingerprint density at radius 2 is 1.68 bits per heavy atom. The summed E-state index contributed by atoms with van der Waals surface area (Å²) in [6.45, 7) is 10.4. The Morgan fingerprint density at radius 3 is 2.26 bits per heavy atom. The number of nitrogens with one attached hydrogen (secondary N) is 1. The number of hydrogen-bond donors (Lipinski definition) is 1. The van der Waals surface area contributed by atoms with Gasteiger partial charge in [-0.2, -0.15) is 0 Å². The molecular formula is C25H36N2O3S. The highest BCUT2D eigenvalue weighted by molar-refractivity contribution is 7.92. The van der Waals surface area contributed by atoms with E-state index in [0.29, 0.717) is 18.2 Å². The van der Waals surface area contributed by atoms with Gasteiger partial charge in [0.15, 0.2) is 0 Å². The van der Waals surface area contributed by atoms with Crippen LogP contribution in [0.3, 0.4) is 0 Å². The molecule has 1 unspecified atom stereocenters. The molecule has 5 nitrogen and oxygen atoms in total. The van der Waals surface area contributed by atoms with Gasteiger partial charge in [-0.05, 0) is 68.5 Å². The van der Waals surface area contributed by atoms with Crippen LogP contribution in [0.15, 0.2) is 47.4 Å². The SMILES string of the molecule is CCCCC(CC)CNC(=O)CN(c1ccc(C)c(C)c1)S(=O)(=O)c1ccc(C)cc1. The summed E-state index contributed by atoms with van der Waals surface area (Å²) < 4.78 is 28.1. The van der Waals surface area contributed by atoms with Crippen LogP contribution in [0.5, 0.6) is 0 Å². The molecule has 0 aliphatic heterocycles. The highest BCUT2D eigenvalue weighted by atomic mass is 32.2. The number of nitrogens with zero attached hydrogens (tertiary/aromatic N) is 1. The molecule has 1 N–H and O–H groups in total. The predicted molar refractivity (Wildman–Crippen MR) is 128 cm³/mol. The van der Waals surface area contributed by atoms with E-state index >= 15 is 0 Å². The van der Waals surface area contributed by atoms with Crippen molar-refractivity contribution in [3.63, 3.8) is 0 Å². The van der Waals surface area contributed by atoms with Gasteiger partial charge in [-0.1, -0.05) is 56.9 Å². The molecule has 0 heterocycles. The minimum atomic E-state index is -3.88. The van der Waals surface area contributed by atoms with Crippen molar-refractivity contribution >= 4 is 21.6 Å². The van der Waals surface area contributed by atoms with Crippen molar-refractivity contribution in [1.29, 1.82) is 0 Å². The van der Waals surface area contributed by atoms with Gasteiger partial charge in [0.1, 0.15) is 6.54 Å². The lowest BCUT2D eigenvalue weighted by atomic mass is 9.99. The summed E-state index contributed by atoms with van der Waals surface area (Å²) in [5.41, 5.74) is 3.53. The van der Waals surface area contributed by atoms with E-state index in [4.69, 9.17) is 0 Å². The van der Waals surface area contributed by atoms with Gasteiger partial charge in [-0.15, -0.1) is 0 Å². The molecule has 0 saturated carbocycles. The Hall–Kier alpha value is -2.34. The maximum absolute atomic E-state index is 13.5. The average Bonchev–Trinajstić information content (AvgIpc) is 2.74. The monoisotopic (exact) mass is 444 g/mol. The van der Waals surface area contributed by atoms with Crippen LogP contribution in [-0.2, 0) is 14.8 Å². The number of sulfonamides is 1. The molecule has 170 valence electrons. The molecule has 0 aliphatic carbocycles. The maximum atomic E-state index is 13.5. The Morgan fingerprint density at radius 1 is 1.00 bits per heavy atom. The van der Waals surface area contributed by atoms with Crippen LogP contribution in [0.2, 0.25) is 0 Å². The van der Waals surface area contributed by atoms with Gasteiger partial charge in [-0.25, -0.2) is 8.42 Å². The highest BCUT2D eigenvalue weighted by Crippen LogP contribution is 2.26. The minimum Gasteiger partial charge on any atom is -0.354 e. The number of carbonyl (C=O) groups is 1. The topological polar surface area (TPSA) is 66.5 Å². The molecule has 1 atom stereocenters. The van der Waals surface area contributed by atoms with E-state index in [1.54, 1.807) is 30.3 Å². The van der Waals surface area contributed by atoms with Gasteiger partial charge in [-0.3, -0.25) is 9.10 Å². The average molecular weight is 445 g/mol. The molecule has 31 heavy (non-hydrogen) atoms. The van der Waals surface area contributed by atoms with Crippen molar-refractivity contribution in [3.8, 4) is 0 Å². The number of benzene rings is 2. The van der Waals surface area contributed by atoms with E-state index in [9.17, 15) is 13.2 Å². The van der Waals surface area contributed by atoms with Crippen LogP contribution >= 0.6 is 0 Å². The van der Waals surface area contributed by atoms with E-state index in [-0.39, 0.29) is 17.3 Å². The lowest BCUT2D eigenvalue weighted by Gasteiger charge is -2.25. The van der Waals surface area contributed by atoms with Crippen LogP contribution in [0.1, 0.15) is 56.2 Å². The molecule has 0 aromatic heterocycles. The molecular weight excluding hydrogens is 408 g/mol. The zero-order chi connectivity index (χ0) is 23.0. The second-order valence-electron chi connectivity index (χ2n) is 8.31. The Labute approximate surface area is 187 Å². The molecule has 2 rings (SSSR count). The standard InChI is InChI=1S/C25H36N2O3S/c1-6-8-9-22(7-2)17-26-25(28)18-27(23-13-12-20(4)21(5)16-23)31(29,30)24-14-10-19(3)11-15-24/h10-16,22H,6-9,17-18H2,1-5H3,(H,26,28). The minimum absolute atomic E-state index is 0.179. The fraction of sp³-hybridized carbons (Fsp3) is 0.480. The number of amides is 1. The van der Waals surface area contributed by atoms with Crippen molar-refractivity contribution in [2.45, 2.75) is 65.2 Å². The molecule has 2 aromatic rings. The number of carbonyl (C=O) groups excluding carboxylic acids is 1. The zero-order valence-electron chi connectivity index (χ0n) is 19.4. The van der Waals surface area contributed by atoms with Crippen LogP contribution in [0, 0.1) is 26.7 Å². The first-order valence-corrected chi connectivity index (χ1v) is 12.6. The molecule has 0 radical (unpaired) electrons. The lowest BCUT2D eigenvalue weighted by Crippen LogP contribution is -2.42. The normalized spacial score (nSPS) is 12.4. The molecule has 0 saturated heterocycles. The van der Waals surface area contributed by atoms with Crippen molar-refractivity contribution in [2.75, 3.05) is 17.4 Å². The lowest BCUT2D eigenvalue weighted by molar-refractivity contribution is -0.119. The third kappa shape index (κ3) is 6.82. The first-order valence-electron chi connectivity index (χ1n) is 11.1. The summed E-state index contributed by atoms with van der Waals surface area (Å²) in [5, 5.41) is 2.96. The van der Waals surface area contributed by atoms with Crippen LogP contribution < -0.4 is 9.62 Å². The molecule has 1 amide bonds. The van der Waals surface area contributed by atoms with E-state index in [2.05, 4.69) is 19.2 Å². The first kappa shape index (κ1) is 24.9. The van der Waals surface area contributed by atoms with Gasteiger partial charge in [0.2, 0.25) is 5.91 Å². The summed E-state index contributed by atoms with van der Waals surface area (Å²) in [7, 11) is -3.88. The maximum Gasteiger partial charge on any atom is 0.264 e. The summed E-state index contributed by atoms with van der Waals surface area (Å²) in [6, 6.07) is 12.2. The number of aryl methyl sites for hydroxylation is 3. The molecule has 6 heteroatoms. The molecule has 0 aliphatic rings. The largest absolute Gasteiger partial charge is 0.354 e. The Bertz CT molecular complexity index is 969. The first-order chi connectivity index (χ1) is 14.7. The van der Waals surface area contributed by atoms with Gasteiger partial charge < -0.3 is 5.32 Å². The van der Waals surface area contributed by atoms with Crippen molar-refractivity contribution in [2.24, 2.45) is 5.92 Å². The van der Waals surface area contributed by atoms with Crippen molar-refractivity contribution < 1.29 is 13.2 Å². The summed E-state index contributed by atoms with van der Waals surface area (Å²) in [4.78, 5) is 13.0. The van der Waals surface area contributed by atoms with E-state index < -0.39 is 10.0 Å². The third-order valence-corrected chi connectivity index (χ3v) is 7.59. The van der Waals surface area contributed by atoms with Crippen molar-refractivity contribution in [3.05, 3.63) is 59.2 Å². The fourth-order valence-corrected chi connectivity index (χ4v) is 4.83. The summed E-state index contributed by atoms with van der Waals surface area (Å²) in [6.07, 6.45) is 4.31. The van der Waals surface area contributed by atoms with Crippen LogP contribution in [0.25, 0.3) is 0 Å². The summed E-state index contributed by atoms with van der Waals surface area (Å²) >= 11 is 0. The van der Waals surface area contributed by atoms with E-state index in [0.717, 1.165) is 42.4 Å². The molecule has 0 spiro atoms. The van der Waals surface area contributed by atoms with Gasteiger partial charge in [0.05, 0.1) is 10.6 Å². The van der Waals surface area contributed by atoms with Crippen LogP contribution in [0.4, 0.5) is 5.69 Å². The van der Waals surface area contributed by atoms with E-state index in [1.807, 2.05) is 32.9 Å². The van der Waals surface area contributed by atoms with Gasteiger partial charge in [0, 0.05) is 6.54 Å². The second kappa shape index (κ2) is 11.3. The molecule has 2 aromatic carbocycles. The van der Waals surface area contributed by atoms with Crippen molar-refractivity contribution in [1.82, 2.24) is 5.32 Å². The summed E-state index contributed by atoms with van der Waals surface area (Å²) in [5.74, 6) is 0.122. The Kier molecular flexibility index (Phi) is 9.11. The van der Waals surface area contributed by atoms with Gasteiger partial charge in [0.25, 0.3) is 10.0 Å². The number of unbranched alkanes of at least 4 members (excludes halogenated alkanes) is 1. The van der Waals surface area contributed by atoms with E-state index in [1.165, 1.54) is 4.31 Å². The number of rotatable bonds is 11. The number of hydrogen-bond acceptors (Lipinski definition) is 3. The quantitative estimate of drug-likeness (QED) is 0.522. The molecule has 0 bridgehead atoms. The predicted octanol–water partition coefficient (Wildman–Crippen LogP) is 5.14. The second-order valence-corrected chi connectivity index (χ2v) is 10.2. The van der Waals surface area contributed by atoms with Crippen LogP contribution in [-0.4, -0.2) is 27.4 Å². The fourth-order valence-electron chi connectivity index (χ4n) is 3.42. The smallest absolute Gasteiger partial charge is 0.264 e. The Balaban J connectivity index is 2.29. The number of anilines is 1. The molecule has 0 fully saturated rings. The highest BCUT2D eigenvalue weighted by Gasteiger charge is 2.27. The zero-order valence-corrected chi connectivity index (χ0v) is 20.3. The van der Waals surface area contributed by atoms with Gasteiger partial charge >= 0.3 is 0 Å². The third-order valence-electron chi connectivity index (χ3n) is 5.81.